The van der Waals surface area contributed by atoms with E-state index in [1.165, 1.54) is 23.9 Å². The molecule has 0 saturated carbocycles. The summed E-state index contributed by atoms with van der Waals surface area (Å²) in [6, 6.07) is 4.82. The van der Waals surface area contributed by atoms with Crippen molar-refractivity contribution in [1.82, 2.24) is 24.8 Å². The van der Waals surface area contributed by atoms with Crippen LogP contribution in [0.25, 0.3) is 22.4 Å². The molecule has 0 spiro atoms. The van der Waals surface area contributed by atoms with E-state index in [1.54, 1.807) is 18.2 Å². The fourth-order valence-electron chi connectivity index (χ4n) is 4.53. The van der Waals surface area contributed by atoms with Gasteiger partial charge < -0.3 is 14.9 Å². The number of rotatable bonds is 5. The van der Waals surface area contributed by atoms with Gasteiger partial charge in [0.1, 0.15) is 11.4 Å². The lowest BCUT2D eigenvalue weighted by Crippen LogP contribution is -2.37. The van der Waals surface area contributed by atoms with E-state index in [1.807, 2.05) is 0 Å². The zero-order chi connectivity index (χ0) is 21.7. The van der Waals surface area contributed by atoms with Crippen molar-refractivity contribution in [1.29, 1.82) is 0 Å². The minimum absolute atomic E-state index is 0.196. The number of pyridine rings is 1. The summed E-state index contributed by atoms with van der Waals surface area (Å²) in [5.74, 6) is -0.0967. The van der Waals surface area contributed by atoms with Gasteiger partial charge in [0.2, 0.25) is 0 Å². The van der Waals surface area contributed by atoms with Crippen LogP contribution in [0.2, 0.25) is 5.02 Å². The lowest BCUT2D eigenvalue weighted by atomic mass is 10.1. The summed E-state index contributed by atoms with van der Waals surface area (Å²) in [4.78, 5) is 51.9. The van der Waals surface area contributed by atoms with Gasteiger partial charge in [-0.2, -0.15) is 0 Å². The second-order valence-corrected chi connectivity index (χ2v) is 8.77. The molecule has 1 atom stereocenters. The second kappa shape index (κ2) is 7.62. The quantitative estimate of drug-likeness (QED) is 0.595. The number of likely N-dealkylation sites (tertiary alicyclic amines) is 1. The number of carbonyl (C=O) groups is 2. The molecule has 2 N–H and O–H groups in total. The summed E-state index contributed by atoms with van der Waals surface area (Å²) >= 11 is 6.17. The van der Waals surface area contributed by atoms with Crippen molar-refractivity contribution in [2.75, 3.05) is 26.2 Å². The molecule has 1 unspecified atom stereocenters. The molecule has 9 heteroatoms. The van der Waals surface area contributed by atoms with Gasteiger partial charge in [0.05, 0.1) is 27.2 Å². The Morgan fingerprint density at radius 1 is 1.10 bits per heavy atom. The van der Waals surface area contributed by atoms with Crippen LogP contribution in [-0.2, 0) is 0 Å². The molecular weight excluding hydrogens is 418 g/mol. The molecule has 31 heavy (non-hydrogen) atoms. The number of aromatic nitrogens is 3. The van der Waals surface area contributed by atoms with E-state index in [-0.39, 0.29) is 33.9 Å². The van der Waals surface area contributed by atoms with Gasteiger partial charge in [0.15, 0.2) is 0 Å². The molecule has 0 radical (unpaired) electrons. The Balaban J connectivity index is 1.43. The highest BCUT2D eigenvalue weighted by Gasteiger charge is 2.37. The van der Waals surface area contributed by atoms with E-state index in [9.17, 15) is 14.4 Å². The van der Waals surface area contributed by atoms with Crippen molar-refractivity contribution in [3.8, 4) is 11.4 Å². The third-order valence-corrected chi connectivity index (χ3v) is 6.30. The SMILES string of the molecule is CC(CN1CCCC1)CN1C(=O)c2cc3nc(-c4c(Cl)cc[nH]c4=O)[nH]c3cc2C1=O. The van der Waals surface area contributed by atoms with Crippen molar-refractivity contribution in [3.05, 3.63) is 50.9 Å². The Hall–Kier alpha value is -2.97. The highest BCUT2D eigenvalue weighted by molar-refractivity contribution is 6.33. The standard InChI is InChI=1S/C22H22ClN5O3/c1-12(10-27-6-2-3-7-27)11-28-21(30)13-8-16-17(9-14(13)22(28)31)26-19(25-16)18-15(23)4-5-24-20(18)29/h4-5,8-9,12H,2-3,6-7,10-11H2,1H3,(H,24,29)(H,25,26). The van der Waals surface area contributed by atoms with E-state index in [2.05, 4.69) is 26.8 Å². The Kier molecular flexibility index (Phi) is 4.91. The average Bonchev–Trinajstić information content (AvgIpc) is 3.43. The van der Waals surface area contributed by atoms with E-state index in [0.717, 1.165) is 19.6 Å². The zero-order valence-electron chi connectivity index (χ0n) is 17.1. The van der Waals surface area contributed by atoms with Gasteiger partial charge in [-0.1, -0.05) is 18.5 Å². The number of fused-ring (bicyclic) bond motifs is 2. The summed E-state index contributed by atoms with van der Waals surface area (Å²) in [6.45, 7) is 5.51. The highest BCUT2D eigenvalue weighted by Crippen LogP contribution is 2.30. The first-order valence-corrected chi connectivity index (χ1v) is 10.8. The number of hydrogen-bond donors (Lipinski definition) is 2. The first-order valence-electron chi connectivity index (χ1n) is 10.4. The molecule has 2 amide bonds. The molecular formula is C22H22ClN5O3. The minimum Gasteiger partial charge on any atom is -0.338 e. The molecule has 5 rings (SSSR count). The van der Waals surface area contributed by atoms with Crippen molar-refractivity contribution in [2.45, 2.75) is 19.8 Å². The summed E-state index contributed by atoms with van der Waals surface area (Å²) < 4.78 is 0. The number of H-pyrrole nitrogens is 2. The predicted octanol–water partition coefficient (Wildman–Crippen LogP) is 2.90. The third-order valence-electron chi connectivity index (χ3n) is 5.98. The van der Waals surface area contributed by atoms with Crippen LogP contribution in [0, 0.1) is 5.92 Å². The Labute approximate surface area is 183 Å². The minimum atomic E-state index is -0.371. The number of imidazole rings is 1. The number of carbonyl (C=O) groups excluding carboxylic acids is 2. The molecule has 8 nitrogen and oxygen atoms in total. The molecule has 1 aromatic carbocycles. The van der Waals surface area contributed by atoms with Crippen molar-refractivity contribution in [3.63, 3.8) is 0 Å². The summed E-state index contributed by atoms with van der Waals surface area (Å²) in [5.41, 5.74) is 1.62. The van der Waals surface area contributed by atoms with Crippen LogP contribution < -0.4 is 5.56 Å². The van der Waals surface area contributed by atoms with Crippen LogP contribution in [-0.4, -0.2) is 62.7 Å². The molecule has 1 fully saturated rings. The van der Waals surface area contributed by atoms with Gasteiger partial charge in [0, 0.05) is 19.3 Å². The molecule has 3 aromatic rings. The van der Waals surface area contributed by atoms with Crippen LogP contribution in [0.15, 0.2) is 29.2 Å². The normalized spacial score (nSPS) is 17.7. The van der Waals surface area contributed by atoms with Gasteiger partial charge in [-0.05, 0) is 50.0 Å². The van der Waals surface area contributed by atoms with Crippen molar-refractivity contribution in [2.24, 2.45) is 5.92 Å². The molecule has 0 bridgehead atoms. The van der Waals surface area contributed by atoms with Crippen LogP contribution >= 0.6 is 11.6 Å². The van der Waals surface area contributed by atoms with E-state index in [0.29, 0.717) is 34.5 Å². The maximum Gasteiger partial charge on any atom is 0.261 e. The first kappa shape index (κ1) is 20.0. The number of nitrogens with zero attached hydrogens (tertiary/aromatic N) is 3. The number of benzene rings is 1. The fourth-order valence-corrected chi connectivity index (χ4v) is 4.77. The van der Waals surface area contributed by atoms with E-state index >= 15 is 0 Å². The second-order valence-electron chi connectivity index (χ2n) is 8.36. The molecule has 2 aliphatic rings. The molecule has 1 saturated heterocycles. The van der Waals surface area contributed by atoms with Crippen LogP contribution in [0.4, 0.5) is 0 Å². The van der Waals surface area contributed by atoms with Crippen LogP contribution in [0.1, 0.15) is 40.5 Å². The van der Waals surface area contributed by atoms with Gasteiger partial charge in [-0.15, -0.1) is 0 Å². The molecule has 160 valence electrons. The third kappa shape index (κ3) is 3.45. The van der Waals surface area contributed by atoms with Crippen LogP contribution in [0.5, 0.6) is 0 Å². The number of halogens is 1. The number of aromatic amines is 2. The Morgan fingerprint density at radius 3 is 2.52 bits per heavy atom. The number of amides is 2. The topological polar surface area (TPSA) is 102 Å². The smallest absolute Gasteiger partial charge is 0.261 e. The number of imide groups is 1. The maximum atomic E-state index is 13.0. The van der Waals surface area contributed by atoms with Gasteiger partial charge in [0.25, 0.3) is 17.4 Å². The summed E-state index contributed by atoms with van der Waals surface area (Å²) in [5, 5.41) is 0.265. The van der Waals surface area contributed by atoms with Crippen LogP contribution in [0.3, 0.4) is 0 Å². The zero-order valence-corrected chi connectivity index (χ0v) is 17.8. The molecule has 2 aromatic heterocycles. The largest absolute Gasteiger partial charge is 0.338 e. The lowest BCUT2D eigenvalue weighted by Gasteiger charge is -2.23. The van der Waals surface area contributed by atoms with Crippen molar-refractivity contribution >= 4 is 34.4 Å². The molecule has 0 aliphatic carbocycles. The molecule has 4 heterocycles. The van der Waals surface area contributed by atoms with Gasteiger partial charge >= 0.3 is 0 Å². The fraction of sp³-hybridized carbons (Fsp3) is 0.364. The predicted molar refractivity (Wildman–Crippen MR) is 117 cm³/mol. The Bertz CT molecular complexity index is 1200. The van der Waals surface area contributed by atoms with Gasteiger partial charge in [-0.25, -0.2) is 4.98 Å². The van der Waals surface area contributed by atoms with Gasteiger partial charge in [-0.3, -0.25) is 19.3 Å². The van der Waals surface area contributed by atoms with E-state index < -0.39 is 0 Å². The first-order chi connectivity index (χ1) is 14.9. The summed E-state index contributed by atoms with van der Waals surface area (Å²) in [7, 11) is 0. The van der Waals surface area contributed by atoms with E-state index in [4.69, 9.17) is 11.6 Å². The maximum absolute atomic E-state index is 13.0. The highest BCUT2D eigenvalue weighted by atomic mass is 35.5. The number of nitrogens with one attached hydrogen (secondary N) is 2. The Morgan fingerprint density at radius 2 is 1.81 bits per heavy atom. The lowest BCUT2D eigenvalue weighted by molar-refractivity contribution is 0.0623. The average molecular weight is 440 g/mol. The monoisotopic (exact) mass is 439 g/mol. The van der Waals surface area contributed by atoms with Crippen molar-refractivity contribution < 1.29 is 9.59 Å². The number of hydrogen-bond acceptors (Lipinski definition) is 5. The summed E-state index contributed by atoms with van der Waals surface area (Å²) in [6.07, 6.45) is 3.88. The molecule has 2 aliphatic heterocycles.